The minimum absolute atomic E-state index is 0.119. The molecule has 2 heterocycles. The van der Waals surface area contributed by atoms with E-state index in [9.17, 15) is 9.59 Å². The molecule has 1 amide bonds. The lowest BCUT2D eigenvalue weighted by Gasteiger charge is -2.13. The fraction of sp³-hybridized carbons (Fsp3) is 0.500. The van der Waals surface area contributed by atoms with Gasteiger partial charge in [-0.05, 0) is 38.0 Å². The summed E-state index contributed by atoms with van der Waals surface area (Å²) in [5.41, 5.74) is 1.87. The van der Waals surface area contributed by atoms with Crippen LogP contribution in [-0.2, 0) is 9.53 Å². The highest BCUT2D eigenvalue weighted by molar-refractivity contribution is 8.14. The van der Waals surface area contributed by atoms with Crippen LogP contribution >= 0.6 is 11.8 Å². The number of unbranched alkanes of at least 4 members (excludes halogenated alkanes) is 2. The topological polar surface area (TPSA) is 85.6 Å². The van der Waals surface area contributed by atoms with Crippen molar-refractivity contribution in [2.45, 2.75) is 52.6 Å². The van der Waals surface area contributed by atoms with E-state index in [0.717, 1.165) is 48.7 Å². The fourth-order valence-electron chi connectivity index (χ4n) is 3.09. The van der Waals surface area contributed by atoms with E-state index >= 15 is 0 Å². The van der Waals surface area contributed by atoms with E-state index in [1.807, 2.05) is 17.6 Å². The second kappa shape index (κ2) is 9.23. The smallest absolute Gasteiger partial charge is 0.338 e. The van der Waals surface area contributed by atoms with Crippen molar-refractivity contribution < 1.29 is 14.3 Å². The number of fused-ring (bicyclic) bond motifs is 1. The maximum absolute atomic E-state index is 12.5. The molecule has 0 saturated heterocycles. The molecule has 1 aliphatic heterocycles. The molecule has 150 valence electrons. The third kappa shape index (κ3) is 4.73. The molecule has 0 spiro atoms. The van der Waals surface area contributed by atoms with Crippen LogP contribution in [0.3, 0.4) is 0 Å². The first-order chi connectivity index (χ1) is 13.5. The van der Waals surface area contributed by atoms with Crippen molar-refractivity contribution in [1.29, 1.82) is 0 Å². The van der Waals surface area contributed by atoms with Crippen molar-refractivity contribution in [3.8, 4) is 0 Å². The normalized spacial score (nSPS) is 14.8. The van der Waals surface area contributed by atoms with E-state index < -0.39 is 0 Å². The molecule has 0 radical (unpaired) electrons. The number of benzene rings is 1. The third-order valence-electron chi connectivity index (χ3n) is 4.46. The Kier molecular flexibility index (Phi) is 6.72. The van der Waals surface area contributed by atoms with E-state index in [1.165, 1.54) is 6.92 Å². The molecule has 7 nitrogen and oxygen atoms in total. The summed E-state index contributed by atoms with van der Waals surface area (Å²) in [6.45, 7) is 6.25. The number of aromatic nitrogens is 2. The number of carbonyl (C=O) groups excluding carboxylic acids is 2. The maximum Gasteiger partial charge on any atom is 0.338 e. The molecule has 1 aromatic heterocycles. The van der Waals surface area contributed by atoms with Gasteiger partial charge in [-0.1, -0.05) is 31.5 Å². The minimum Gasteiger partial charge on any atom is -0.459 e. The second-order valence-electron chi connectivity index (χ2n) is 6.88. The number of nitrogens with zero attached hydrogens (tertiary/aromatic N) is 3. The molecule has 1 atom stereocenters. The van der Waals surface area contributed by atoms with Crippen molar-refractivity contribution in [2.75, 3.05) is 17.6 Å². The van der Waals surface area contributed by atoms with E-state index in [-0.39, 0.29) is 18.0 Å². The Morgan fingerprint density at radius 1 is 1.36 bits per heavy atom. The van der Waals surface area contributed by atoms with Crippen LogP contribution in [0.5, 0.6) is 0 Å². The van der Waals surface area contributed by atoms with Gasteiger partial charge in [0.1, 0.15) is 0 Å². The van der Waals surface area contributed by atoms with Crippen molar-refractivity contribution in [1.82, 2.24) is 9.55 Å². The molecular weight excluding hydrogens is 376 g/mol. The summed E-state index contributed by atoms with van der Waals surface area (Å²) in [6.07, 6.45) is 4.07. The molecule has 0 bridgehead atoms. The number of hydrogen-bond acceptors (Lipinski definition) is 6. The van der Waals surface area contributed by atoms with Gasteiger partial charge in [0.05, 0.1) is 29.2 Å². The Morgan fingerprint density at radius 3 is 2.86 bits per heavy atom. The number of aliphatic imine (C=N–C) groups is 1. The van der Waals surface area contributed by atoms with Gasteiger partial charge < -0.3 is 4.74 Å². The Labute approximate surface area is 168 Å². The SMILES string of the molecule is CCCCCC(C)OC(=O)c1ccc2c(c1)nc(NC(C)=O)n2C1=NCCS1. The lowest BCUT2D eigenvalue weighted by Crippen LogP contribution is -2.15. The molecular formula is C20H26N4O3S. The number of hydrogen-bond donors (Lipinski definition) is 1. The van der Waals surface area contributed by atoms with Crippen LogP contribution in [0.15, 0.2) is 23.2 Å². The highest BCUT2D eigenvalue weighted by atomic mass is 32.2. The minimum atomic E-state index is -0.353. The number of rotatable bonds is 7. The zero-order chi connectivity index (χ0) is 20.1. The summed E-state index contributed by atoms with van der Waals surface area (Å²) in [7, 11) is 0. The van der Waals surface area contributed by atoms with Gasteiger partial charge in [-0.15, -0.1) is 0 Å². The van der Waals surface area contributed by atoms with Crippen molar-refractivity contribution in [3.05, 3.63) is 23.8 Å². The highest BCUT2D eigenvalue weighted by Gasteiger charge is 2.21. The molecule has 3 rings (SSSR count). The summed E-state index contributed by atoms with van der Waals surface area (Å²) in [4.78, 5) is 33.1. The largest absolute Gasteiger partial charge is 0.459 e. The molecule has 0 aliphatic carbocycles. The standard InChI is InChI=1S/C20H26N4O3S/c1-4-5-6-7-13(2)27-18(26)15-8-9-17-16(12-15)23-19(22-14(3)25)24(17)20-21-10-11-28-20/h8-9,12-13H,4-7,10-11H2,1-3H3,(H,22,23,25). The van der Waals surface area contributed by atoms with Crippen molar-refractivity contribution >= 4 is 45.8 Å². The number of amides is 1. The van der Waals surface area contributed by atoms with Crippen LogP contribution in [-0.4, -0.2) is 45.0 Å². The average molecular weight is 403 g/mol. The van der Waals surface area contributed by atoms with E-state index in [1.54, 1.807) is 23.9 Å². The molecule has 8 heteroatoms. The Hall–Kier alpha value is -2.35. The monoisotopic (exact) mass is 402 g/mol. The van der Waals surface area contributed by atoms with E-state index in [4.69, 9.17) is 4.74 Å². The van der Waals surface area contributed by atoms with Gasteiger partial charge in [0.15, 0.2) is 5.17 Å². The summed E-state index contributed by atoms with van der Waals surface area (Å²) >= 11 is 1.61. The molecule has 1 aromatic carbocycles. The molecule has 1 aliphatic rings. The Balaban J connectivity index is 1.85. The lowest BCUT2D eigenvalue weighted by molar-refractivity contribution is -0.114. The van der Waals surface area contributed by atoms with Crippen LogP contribution in [0.1, 0.15) is 56.8 Å². The second-order valence-corrected chi connectivity index (χ2v) is 7.94. The molecule has 1 unspecified atom stereocenters. The molecule has 28 heavy (non-hydrogen) atoms. The van der Waals surface area contributed by atoms with Gasteiger partial charge in [0, 0.05) is 12.7 Å². The maximum atomic E-state index is 12.5. The van der Waals surface area contributed by atoms with Crippen LogP contribution in [0, 0.1) is 0 Å². The predicted molar refractivity (Wildman–Crippen MR) is 113 cm³/mol. The first-order valence-electron chi connectivity index (χ1n) is 9.68. The third-order valence-corrected chi connectivity index (χ3v) is 5.42. The van der Waals surface area contributed by atoms with Gasteiger partial charge in [-0.25, -0.2) is 9.78 Å². The van der Waals surface area contributed by atoms with Crippen molar-refractivity contribution in [3.63, 3.8) is 0 Å². The van der Waals surface area contributed by atoms with E-state index in [0.29, 0.717) is 17.0 Å². The molecule has 0 fully saturated rings. The molecule has 0 saturated carbocycles. The van der Waals surface area contributed by atoms with Crippen LogP contribution < -0.4 is 5.32 Å². The fourth-order valence-corrected chi connectivity index (χ4v) is 3.95. The summed E-state index contributed by atoms with van der Waals surface area (Å²) in [5.74, 6) is 0.748. The number of esters is 1. The first kappa shape index (κ1) is 20.4. The zero-order valence-corrected chi connectivity index (χ0v) is 17.3. The van der Waals surface area contributed by atoms with Gasteiger partial charge >= 0.3 is 5.97 Å². The molecule has 1 N–H and O–H groups in total. The van der Waals surface area contributed by atoms with Gasteiger partial charge in [0.2, 0.25) is 11.9 Å². The average Bonchev–Trinajstić information content (AvgIpc) is 3.27. The number of thioether (sulfide) groups is 1. The van der Waals surface area contributed by atoms with Gasteiger partial charge in [-0.3, -0.25) is 19.7 Å². The number of nitrogens with one attached hydrogen (secondary N) is 1. The summed E-state index contributed by atoms with van der Waals surface area (Å²) in [6, 6.07) is 5.27. The molecule has 2 aromatic rings. The van der Waals surface area contributed by atoms with Crippen molar-refractivity contribution in [2.24, 2.45) is 4.99 Å². The van der Waals surface area contributed by atoms with Gasteiger partial charge in [-0.2, -0.15) is 0 Å². The number of ether oxygens (including phenoxy) is 1. The predicted octanol–water partition coefficient (Wildman–Crippen LogP) is 4.07. The van der Waals surface area contributed by atoms with Crippen LogP contribution in [0.25, 0.3) is 11.0 Å². The number of anilines is 1. The Bertz CT molecular complexity index is 906. The van der Waals surface area contributed by atoms with Crippen LogP contribution in [0.4, 0.5) is 5.95 Å². The quantitative estimate of drug-likeness (QED) is 0.557. The first-order valence-corrected chi connectivity index (χ1v) is 10.7. The highest BCUT2D eigenvalue weighted by Crippen LogP contribution is 2.26. The zero-order valence-electron chi connectivity index (χ0n) is 16.5. The Morgan fingerprint density at radius 2 is 2.18 bits per heavy atom. The van der Waals surface area contributed by atoms with Gasteiger partial charge in [0.25, 0.3) is 0 Å². The summed E-state index contributed by atoms with van der Waals surface area (Å²) in [5, 5.41) is 3.55. The van der Waals surface area contributed by atoms with Crippen LogP contribution in [0.2, 0.25) is 0 Å². The lowest BCUT2D eigenvalue weighted by atomic mass is 10.1. The number of imidazole rings is 1. The summed E-state index contributed by atoms with van der Waals surface area (Å²) < 4.78 is 7.39. The van der Waals surface area contributed by atoms with E-state index in [2.05, 4.69) is 22.2 Å². The number of carbonyl (C=O) groups is 2.